The van der Waals surface area contributed by atoms with E-state index in [1.165, 1.54) is 23.8 Å². The number of ether oxygens (including phenoxy) is 3. The van der Waals surface area contributed by atoms with Crippen molar-refractivity contribution in [3.63, 3.8) is 0 Å². The lowest BCUT2D eigenvalue weighted by atomic mass is 10.0. The van der Waals surface area contributed by atoms with Crippen molar-refractivity contribution in [1.29, 1.82) is 0 Å². The van der Waals surface area contributed by atoms with Crippen LogP contribution in [0.4, 0.5) is 13.2 Å². The molecule has 222 valence electrons. The number of fused-ring (bicyclic) bond motifs is 1. The van der Waals surface area contributed by atoms with Crippen molar-refractivity contribution in [2.75, 3.05) is 53.1 Å². The van der Waals surface area contributed by atoms with E-state index in [9.17, 15) is 13.6 Å². The maximum absolute atomic E-state index is 15.4. The number of alkyl halides is 2. The number of nitrogens with one attached hydrogen (secondary N) is 1. The normalized spacial score (nSPS) is 17.8. The van der Waals surface area contributed by atoms with Crippen LogP contribution in [0.1, 0.15) is 28.8 Å². The van der Waals surface area contributed by atoms with Gasteiger partial charge in [-0.15, -0.1) is 5.10 Å². The molecule has 0 saturated carbocycles. The van der Waals surface area contributed by atoms with E-state index >= 15 is 4.39 Å². The average Bonchev–Trinajstić information content (AvgIpc) is 3.77. The van der Waals surface area contributed by atoms with Crippen LogP contribution in [0, 0.1) is 5.82 Å². The standard InChI is InChI=1S/C28H30F3N7O4/c1-32-27(39)17-10-21(25(29)22(11-17)26(30)31)23-14-33-24-12-20(28(35-38(23)24)42-19-2-7-41-16-19)18-13-34-37(15-18)4-3-36-5-8-40-9-6-36/h10-15,19,26H,2-9,16H2,1H3,(H,32,39). The SMILES string of the molecule is CNC(=O)c1cc(-c2cnc3cc(-c4cnn(CCN5CCOCC5)c4)c(OC4CCOC4)nn23)c(F)c(C(F)F)c1. The number of imidazole rings is 1. The predicted molar refractivity (Wildman–Crippen MR) is 145 cm³/mol. The van der Waals surface area contributed by atoms with Gasteiger partial charge in [0.2, 0.25) is 5.88 Å². The van der Waals surface area contributed by atoms with Gasteiger partial charge in [-0.1, -0.05) is 0 Å². The van der Waals surface area contributed by atoms with Gasteiger partial charge < -0.3 is 19.5 Å². The van der Waals surface area contributed by atoms with Crippen molar-refractivity contribution in [3.8, 4) is 28.3 Å². The second-order valence-corrected chi connectivity index (χ2v) is 10.1. The minimum atomic E-state index is -3.13. The molecular weight excluding hydrogens is 555 g/mol. The Balaban J connectivity index is 1.39. The second kappa shape index (κ2) is 12.1. The van der Waals surface area contributed by atoms with Gasteiger partial charge in [-0.05, 0) is 18.2 Å². The summed E-state index contributed by atoms with van der Waals surface area (Å²) in [5.41, 5.74) is 0.567. The summed E-state index contributed by atoms with van der Waals surface area (Å²) in [6, 6.07) is 3.80. The highest BCUT2D eigenvalue weighted by Gasteiger charge is 2.26. The fourth-order valence-electron chi connectivity index (χ4n) is 5.10. The van der Waals surface area contributed by atoms with Crippen LogP contribution in [0.2, 0.25) is 0 Å². The van der Waals surface area contributed by atoms with Gasteiger partial charge in [0, 0.05) is 56.0 Å². The van der Waals surface area contributed by atoms with Crippen molar-refractivity contribution in [2.45, 2.75) is 25.5 Å². The van der Waals surface area contributed by atoms with E-state index in [4.69, 9.17) is 14.2 Å². The third kappa shape index (κ3) is 5.69. The highest BCUT2D eigenvalue weighted by molar-refractivity contribution is 5.95. The van der Waals surface area contributed by atoms with Gasteiger partial charge in [0.15, 0.2) is 5.65 Å². The van der Waals surface area contributed by atoms with E-state index in [-0.39, 0.29) is 28.8 Å². The number of carbonyl (C=O) groups is 1. The largest absolute Gasteiger partial charge is 0.470 e. The number of carbonyl (C=O) groups excluding carboxylic acids is 1. The first kappa shape index (κ1) is 28.1. The zero-order chi connectivity index (χ0) is 29.2. The Kier molecular flexibility index (Phi) is 8.09. The molecule has 1 aromatic carbocycles. The fourth-order valence-corrected chi connectivity index (χ4v) is 5.10. The van der Waals surface area contributed by atoms with Crippen LogP contribution in [-0.4, -0.2) is 94.4 Å². The van der Waals surface area contributed by atoms with E-state index in [0.29, 0.717) is 37.4 Å². The summed E-state index contributed by atoms with van der Waals surface area (Å²) in [6.45, 7) is 5.64. The molecule has 1 unspecified atom stereocenters. The van der Waals surface area contributed by atoms with Crippen LogP contribution < -0.4 is 10.1 Å². The number of hydrogen-bond acceptors (Lipinski definition) is 8. The molecule has 0 aliphatic carbocycles. The minimum absolute atomic E-state index is 0.0930. The quantitative estimate of drug-likeness (QED) is 0.319. The Hall–Kier alpha value is -4.01. The molecule has 2 saturated heterocycles. The van der Waals surface area contributed by atoms with Crippen molar-refractivity contribution in [1.82, 2.24) is 34.6 Å². The summed E-state index contributed by atoms with van der Waals surface area (Å²) in [7, 11) is 1.37. The molecule has 2 aliphatic rings. The Morgan fingerprint density at radius 3 is 2.69 bits per heavy atom. The van der Waals surface area contributed by atoms with Gasteiger partial charge in [-0.3, -0.25) is 14.4 Å². The first-order valence-corrected chi connectivity index (χ1v) is 13.7. The molecule has 3 aromatic heterocycles. The molecule has 0 bridgehead atoms. The van der Waals surface area contributed by atoms with Crippen molar-refractivity contribution in [3.05, 3.63) is 53.7 Å². The summed E-state index contributed by atoms with van der Waals surface area (Å²) in [5.74, 6) is -1.54. The van der Waals surface area contributed by atoms with Crippen molar-refractivity contribution in [2.24, 2.45) is 0 Å². The van der Waals surface area contributed by atoms with Gasteiger partial charge in [0.1, 0.15) is 11.9 Å². The van der Waals surface area contributed by atoms with Crippen LogP contribution in [-0.2, 0) is 16.0 Å². The Bertz CT molecular complexity index is 1580. The third-order valence-electron chi connectivity index (χ3n) is 7.42. The highest BCUT2D eigenvalue weighted by atomic mass is 19.3. The molecule has 4 aromatic rings. The molecule has 1 amide bonds. The molecule has 0 radical (unpaired) electrons. The van der Waals surface area contributed by atoms with Gasteiger partial charge in [-0.25, -0.2) is 22.7 Å². The number of nitrogens with zero attached hydrogens (tertiary/aromatic N) is 6. The topological polar surface area (TPSA) is 108 Å². The molecule has 14 heteroatoms. The number of aromatic nitrogens is 5. The van der Waals surface area contributed by atoms with E-state index in [0.717, 1.165) is 44.5 Å². The van der Waals surface area contributed by atoms with Crippen LogP contribution in [0.15, 0.2) is 36.8 Å². The predicted octanol–water partition coefficient (Wildman–Crippen LogP) is 3.20. The van der Waals surface area contributed by atoms with Crippen LogP contribution in [0.3, 0.4) is 0 Å². The van der Waals surface area contributed by atoms with E-state index in [2.05, 4.69) is 25.4 Å². The summed E-state index contributed by atoms with van der Waals surface area (Å²) in [5, 5.41) is 11.6. The van der Waals surface area contributed by atoms with Gasteiger partial charge in [0.25, 0.3) is 12.3 Å². The Morgan fingerprint density at radius 2 is 1.95 bits per heavy atom. The van der Waals surface area contributed by atoms with E-state index in [1.54, 1.807) is 12.3 Å². The third-order valence-corrected chi connectivity index (χ3v) is 7.42. The zero-order valence-electron chi connectivity index (χ0n) is 22.9. The molecule has 1 atom stereocenters. The number of hydrogen-bond donors (Lipinski definition) is 1. The molecular formula is C28H30F3N7O4. The molecule has 2 aliphatic heterocycles. The number of amides is 1. The molecule has 0 spiro atoms. The molecule has 1 N–H and O–H groups in total. The van der Waals surface area contributed by atoms with Crippen LogP contribution in [0.25, 0.3) is 28.0 Å². The van der Waals surface area contributed by atoms with Crippen molar-refractivity contribution < 1.29 is 32.2 Å². The van der Waals surface area contributed by atoms with Crippen molar-refractivity contribution >= 4 is 11.6 Å². The summed E-state index contributed by atoms with van der Waals surface area (Å²) >= 11 is 0. The molecule has 5 heterocycles. The molecule has 11 nitrogen and oxygen atoms in total. The number of halogens is 3. The zero-order valence-corrected chi connectivity index (χ0v) is 22.9. The highest BCUT2D eigenvalue weighted by Crippen LogP contribution is 2.35. The smallest absolute Gasteiger partial charge is 0.266 e. The molecule has 2 fully saturated rings. The first-order chi connectivity index (χ1) is 20.4. The fraction of sp³-hybridized carbons (Fsp3) is 0.429. The number of rotatable bonds is 9. The Labute approximate surface area is 239 Å². The second-order valence-electron chi connectivity index (χ2n) is 10.1. The maximum atomic E-state index is 15.4. The van der Waals surface area contributed by atoms with Crippen LogP contribution >= 0.6 is 0 Å². The lowest BCUT2D eigenvalue weighted by Crippen LogP contribution is -2.38. The first-order valence-electron chi connectivity index (χ1n) is 13.7. The summed E-state index contributed by atoms with van der Waals surface area (Å²) in [6.07, 6.45) is 2.23. The lowest BCUT2D eigenvalue weighted by molar-refractivity contribution is 0.0360. The average molecular weight is 586 g/mol. The maximum Gasteiger partial charge on any atom is 0.266 e. The van der Waals surface area contributed by atoms with Crippen LogP contribution in [0.5, 0.6) is 5.88 Å². The molecule has 42 heavy (non-hydrogen) atoms. The number of morpholine rings is 1. The summed E-state index contributed by atoms with van der Waals surface area (Å²) < 4.78 is 63.2. The van der Waals surface area contributed by atoms with Gasteiger partial charge in [0.05, 0.1) is 62.2 Å². The van der Waals surface area contributed by atoms with Gasteiger partial charge >= 0.3 is 0 Å². The number of benzene rings is 1. The Morgan fingerprint density at radius 1 is 1.12 bits per heavy atom. The van der Waals surface area contributed by atoms with E-state index < -0.39 is 23.7 Å². The summed E-state index contributed by atoms with van der Waals surface area (Å²) in [4.78, 5) is 19.0. The van der Waals surface area contributed by atoms with Gasteiger partial charge in [-0.2, -0.15) is 5.10 Å². The van der Waals surface area contributed by atoms with E-state index in [1.807, 2.05) is 10.9 Å². The minimum Gasteiger partial charge on any atom is -0.470 e. The monoisotopic (exact) mass is 585 g/mol. The lowest BCUT2D eigenvalue weighted by Gasteiger charge is -2.26. The molecule has 6 rings (SSSR count).